The summed E-state index contributed by atoms with van der Waals surface area (Å²) in [6.45, 7) is 0. The molecule has 4 heteroatoms. The zero-order valence-corrected chi connectivity index (χ0v) is 8.67. The van der Waals surface area contributed by atoms with Crippen molar-refractivity contribution in [1.29, 1.82) is 0 Å². The molecule has 0 spiro atoms. The summed E-state index contributed by atoms with van der Waals surface area (Å²) in [6, 6.07) is 5.74. The lowest BCUT2D eigenvalue weighted by atomic mass is 10.1. The minimum Gasteiger partial charge on any atom is -0.468 e. The highest BCUT2D eigenvalue weighted by molar-refractivity contribution is 5.72. The lowest BCUT2D eigenvalue weighted by molar-refractivity contribution is -0.139. The highest BCUT2D eigenvalue weighted by atomic mass is 19.3. The first kappa shape index (κ1) is 12.2. The molecule has 0 N–H and O–H groups in total. The number of hydrogen-bond donors (Lipinski definition) is 0. The molecule has 16 heavy (non-hydrogen) atoms. The molecule has 0 aromatic heterocycles. The zero-order chi connectivity index (χ0) is 12.0. The Hall–Kier alpha value is -1.89. The fourth-order valence-electron chi connectivity index (χ4n) is 1.04. The molecule has 0 aliphatic carbocycles. The van der Waals surface area contributed by atoms with Crippen molar-refractivity contribution in [2.45, 2.75) is 12.8 Å². The number of carbonyl (C=O) groups excluding carboxylic acids is 1. The summed E-state index contributed by atoms with van der Waals surface area (Å²) < 4.78 is 29.0. The average Bonchev–Trinajstić information content (AvgIpc) is 2.29. The minimum absolute atomic E-state index is 0.0462. The molecule has 2 nitrogen and oxygen atoms in total. The van der Waals surface area contributed by atoms with E-state index in [1.165, 1.54) is 25.3 Å². The third kappa shape index (κ3) is 3.70. The quantitative estimate of drug-likeness (QED) is 0.570. The van der Waals surface area contributed by atoms with Crippen LogP contribution in [0, 0.1) is 11.8 Å². The van der Waals surface area contributed by atoms with Crippen molar-refractivity contribution in [3.63, 3.8) is 0 Å². The van der Waals surface area contributed by atoms with Crippen molar-refractivity contribution in [1.82, 2.24) is 0 Å². The highest BCUT2D eigenvalue weighted by Gasteiger charge is 2.05. The van der Waals surface area contributed by atoms with Gasteiger partial charge in [-0.2, -0.15) is 0 Å². The van der Waals surface area contributed by atoms with Gasteiger partial charge in [0.05, 0.1) is 7.11 Å². The number of hydrogen-bond acceptors (Lipinski definition) is 2. The zero-order valence-electron chi connectivity index (χ0n) is 8.67. The van der Waals surface area contributed by atoms with Crippen molar-refractivity contribution in [3.8, 4) is 11.8 Å². The molecule has 0 heterocycles. The van der Waals surface area contributed by atoms with Gasteiger partial charge in [0.1, 0.15) is 6.42 Å². The second kappa shape index (κ2) is 5.86. The Bertz CT molecular complexity index is 430. The van der Waals surface area contributed by atoms with Crippen LogP contribution in [0.4, 0.5) is 8.78 Å². The Morgan fingerprint density at radius 1 is 1.50 bits per heavy atom. The maximum absolute atomic E-state index is 12.3. The SMILES string of the molecule is COC(=O)CC#Cc1cccc(C(F)F)c1. The number of alkyl halides is 2. The molecule has 0 aliphatic rings. The van der Waals surface area contributed by atoms with E-state index in [2.05, 4.69) is 16.6 Å². The number of halogens is 2. The van der Waals surface area contributed by atoms with Gasteiger partial charge in [-0.1, -0.05) is 24.0 Å². The summed E-state index contributed by atoms with van der Waals surface area (Å²) in [5.74, 6) is 4.72. The van der Waals surface area contributed by atoms with E-state index in [1.807, 2.05) is 0 Å². The molecule has 1 aromatic rings. The average molecular weight is 224 g/mol. The summed E-state index contributed by atoms with van der Waals surface area (Å²) in [4.78, 5) is 10.7. The number of rotatable bonds is 2. The fourth-order valence-corrected chi connectivity index (χ4v) is 1.04. The standard InChI is InChI=1S/C12H10F2O2/c1-16-11(15)7-3-5-9-4-2-6-10(8-9)12(13)14/h2,4,6,8,12H,7H2,1H3. The molecule has 0 bridgehead atoms. The van der Waals surface area contributed by atoms with Crippen molar-refractivity contribution in [3.05, 3.63) is 35.4 Å². The smallest absolute Gasteiger partial charge is 0.317 e. The van der Waals surface area contributed by atoms with E-state index in [0.29, 0.717) is 5.56 Å². The Labute approximate surface area is 92.2 Å². The van der Waals surface area contributed by atoms with E-state index in [0.717, 1.165) is 0 Å². The lowest BCUT2D eigenvalue weighted by Crippen LogP contribution is -1.97. The minimum atomic E-state index is -2.51. The van der Waals surface area contributed by atoms with Crippen LogP contribution in [0.1, 0.15) is 24.0 Å². The Balaban J connectivity index is 2.73. The number of methoxy groups -OCH3 is 1. The van der Waals surface area contributed by atoms with Crippen molar-refractivity contribution in [2.24, 2.45) is 0 Å². The summed E-state index contributed by atoms with van der Waals surface area (Å²) in [7, 11) is 1.27. The van der Waals surface area contributed by atoms with Crippen LogP contribution < -0.4 is 0 Å². The Morgan fingerprint density at radius 3 is 2.88 bits per heavy atom. The number of carbonyl (C=O) groups is 1. The monoisotopic (exact) mass is 224 g/mol. The molecular formula is C12H10F2O2. The van der Waals surface area contributed by atoms with Gasteiger partial charge in [0.15, 0.2) is 0 Å². The summed E-state index contributed by atoms with van der Waals surface area (Å²) in [6.07, 6.45) is -2.56. The molecule has 0 amide bonds. The topological polar surface area (TPSA) is 26.3 Å². The van der Waals surface area contributed by atoms with Crippen LogP contribution in [0.3, 0.4) is 0 Å². The van der Waals surface area contributed by atoms with Crippen LogP contribution in [0.5, 0.6) is 0 Å². The third-order valence-corrected chi connectivity index (χ3v) is 1.83. The summed E-state index contributed by atoms with van der Waals surface area (Å²) >= 11 is 0. The van der Waals surface area contributed by atoms with Crippen LogP contribution >= 0.6 is 0 Å². The van der Waals surface area contributed by atoms with Gasteiger partial charge in [-0.25, -0.2) is 8.78 Å². The van der Waals surface area contributed by atoms with E-state index in [1.54, 1.807) is 6.07 Å². The highest BCUT2D eigenvalue weighted by Crippen LogP contribution is 2.18. The van der Waals surface area contributed by atoms with Gasteiger partial charge in [-0.3, -0.25) is 4.79 Å². The molecule has 1 aromatic carbocycles. The molecular weight excluding hydrogens is 214 g/mol. The molecule has 0 aliphatic heterocycles. The fraction of sp³-hybridized carbons (Fsp3) is 0.250. The van der Waals surface area contributed by atoms with E-state index >= 15 is 0 Å². The first-order valence-electron chi connectivity index (χ1n) is 4.57. The van der Waals surface area contributed by atoms with Crippen LogP contribution in [-0.4, -0.2) is 13.1 Å². The number of esters is 1. The molecule has 0 radical (unpaired) electrons. The molecule has 0 fully saturated rings. The maximum atomic E-state index is 12.3. The van der Waals surface area contributed by atoms with Gasteiger partial charge in [-0.05, 0) is 12.1 Å². The second-order valence-electron chi connectivity index (χ2n) is 2.98. The second-order valence-corrected chi connectivity index (χ2v) is 2.98. The molecule has 84 valence electrons. The van der Waals surface area contributed by atoms with Crippen molar-refractivity contribution < 1.29 is 18.3 Å². The first-order chi connectivity index (χ1) is 7.63. The van der Waals surface area contributed by atoms with Crippen LogP contribution in [0.25, 0.3) is 0 Å². The third-order valence-electron chi connectivity index (χ3n) is 1.83. The first-order valence-corrected chi connectivity index (χ1v) is 4.57. The number of ether oxygens (including phenoxy) is 1. The van der Waals surface area contributed by atoms with Gasteiger partial charge < -0.3 is 4.74 Å². The normalized spacial score (nSPS) is 9.50. The molecule has 0 unspecified atom stereocenters. The van der Waals surface area contributed by atoms with E-state index in [-0.39, 0.29) is 12.0 Å². The summed E-state index contributed by atoms with van der Waals surface area (Å²) in [5.41, 5.74) is 0.381. The van der Waals surface area contributed by atoms with Gasteiger partial charge >= 0.3 is 5.97 Å². The molecule has 1 rings (SSSR count). The van der Waals surface area contributed by atoms with Crippen LogP contribution in [0.15, 0.2) is 24.3 Å². The Kier molecular flexibility index (Phi) is 4.46. The van der Waals surface area contributed by atoms with Crippen molar-refractivity contribution in [2.75, 3.05) is 7.11 Å². The predicted molar refractivity (Wildman–Crippen MR) is 54.9 cm³/mol. The van der Waals surface area contributed by atoms with Gasteiger partial charge in [0.25, 0.3) is 6.43 Å². The lowest BCUT2D eigenvalue weighted by Gasteiger charge is -1.98. The number of benzene rings is 1. The van der Waals surface area contributed by atoms with E-state index in [9.17, 15) is 13.6 Å². The van der Waals surface area contributed by atoms with Gasteiger partial charge in [-0.15, -0.1) is 0 Å². The van der Waals surface area contributed by atoms with E-state index in [4.69, 9.17) is 0 Å². The molecule has 0 saturated carbocycles. The molecule has 0 atom stereocenters. The Morgan fingerprint density at radius 2 is 2.25 bits per heavy atom. The largest absolute Gasteiger partial charge is 0.468 e. The van der Waals surface area contributed by atoms with Gasteiger partial charge in [0, 0.05) is 11.1 Å². The maximum Gasteiger partial charge on any atom is 0.317 e. The summed E-state index contributed by atoms with van der Waals surface area (Å²) in [5, 5.41) is 0. The van der Waals surface area contributed by atoms with Crippen LogP contribution in [-0.2, 0) is 9.53 Å². The van der Waals surface area contributed by atoms with Crippen molar-refractivity contribution >= 4 is 5.97 Å². The van der Waals surface area contributed by atoms with Crippen LogP contribution in [0.2, 0.25) is 0 Å². The molecule has 0 saturated heterocycles. The van der Waals surface area contributed by atoms with Gasteiger partial charge in [0.2, 0.25) is 0 Å². The van der Waals surface area contributed by atoms with E-state index < -0.39 is 12.4 Å². The predicted octanol–water partition coefficient (Wildman–Crippen LogP) is 2.54.